The SMILES string of the molecule is COC(=O)CCSCc1cccc(NC(=O)[C@H]2NCCO[C@@H]2C)c1.Cl. The van der Waals surface area contributed by atoms with Gasteiger partial charge in [0.1, 0.15) is 6.04 Å². The molecule has 0 aromatic heterocycles. The average molecular weight is 389 g/mol. The van der Waals surface area contributed by atoms with Crippen molar-refractivity contribution in [1.82, 2.24) is 5.32 Å². The number of thioether (sulfide) groups is 1. The third-order valence-corrected chi connectivity index (χ3v) is 4.77. The van der Waals surface area contributed by atoms with E-state index >= 15 is 0 Å². The fourth-order valence-electron chi connectivity index (χ4n) is 2.43. The zero-order valence-electron chi connectivity index (χ0n) is 14.4. The van der Waals surface area contributed by atoms with Crippen LogP contribution in [0.5, 0.6) is 0 Å². The highest BCUT2D eigenvalue weighted by molar-refractivity contribution is 7.98. The van der Waals surface area contributed by atoms with Crippen molar-refractivity contribution in [2.24, 2.45) is 0 Å². The molecule has 25 heavy (non-hydrogen) atoms. The van der Waals surface area contributed by atoms with Crippen LogP contribution in [0.2, 0.25) is 0 Å². The van der Waals surface area contributed by atoms with Crippen LogP contribution in [-0.4, -0.2) is 50.0 Å². The van der Waals surface area contributed by atoms with E-state index in [-0.39, 0.29) is 36.4 Å². The fourth-order valence-corrected chi connectivity index (χ4v) is 3.30. The summed E-state index contributed by atoms with van der Waals surface area (Å²) in [6, 6.07) is 7.41. The Morgan fingerprint density at radius 3 is 2.96 bits per heavy atom. The molecule has 140 valence electrons. The van der Waals surface area contributed by atoms with Crippen LogP contribution in [0.3, 0.4) is 0 Å². The van der Waals surface area contributed by atoms with E-state index in [0.717, 1.165) is 17.0 Å². The number of methoxy groups -OCH3 is 1. The fraction of sp³-hybridized carbons (Fsp3) is 0.529. The van der Waals surface area contributed by atoms with Gasteiger partial charge in [0.2, 0.25) is 5.91 Å². The van der Waals surface area contributed by atoms with Crippen molar-refractivity contribution in [2.75, 3.05) is 31.3 Å². The van der Waals surface area contributed by atoms with Gasteiger partial charge in [0, 0.05) is 23.7 Å². The van der Waals surface area contributed by atoms with Crippen LogP contribution >= 0.6 is 24.2 Å². The predicted molar refractivity (Wildman–Crippen MR) is 102 cm³/mol. The van der Waals surface area contributed by atoms with Gasteiger partial charge in [-0.15, -0.1) is 12.4 Å². The van der Waals surface area contributed by atoms with Gasteiger partial charge in [-0.1, -0.05) is 12.1 Å². The van der Waals surface area contributed by atoms with Crippen molar-refractivity contribution < 1.29 is 19.1 Å². The number of carbonyl (C=O) groups excluding carboxylic acids is 2. The van der Waals surface area contributed by atoms with E-state index in [2.05, 4.69) is 15.4 Å². The molecule has 1 amide bonds. The number of esters is 1. The van der Waals surface area contributed by atoms with Gasteiger partial charge in [-0.2, -0.15) is 11.8 Å². The van der Waals surface area contributed by atoms with Gasteiger partial charge in [0.15, 0.2) is 0 Å². The minimum absolute atomic E-state index is 0. The van der Waals surface area contributed by atoms with Gasteiger partial charge in [-0.3, -0.25) is 9.59 Å². The Bertz CT molecular complexity index is 573. The number of carbonyl (C=O) groups is 2. The highest BCUT2D eigenvalue weighted by Gasteiger charge is 2.28. The number of anilines is 1. The number of morpholine rings is 1. The van der Waals surface area contributed by atoms with Crippen LogP contribution in [0, 0.1) is 0 Å². The van der Waals surface area contributed by atoms with Crippen molar-refractivity contribution in [3.8, 4) is 0 Å². The van der Waals surface area contributed by atoms with Crippen LogP contribution in [0.1, 0.15) is 18.9 Å². The highest BCUT2D eigenvalue weighted by Crippen LogP contribution is 2.18. The number of benzene rings is 1. The average Bonchev–Trinajstić information content (AvgIpc) is 2.59. The number of rotatable bonds is 7. The van der Waals surface area contributed by atoms with Gasteiger partial charge >= 0.3 is 5.97 Å². The lowest BCUT2D eigenvalue weighted by Crippen LogP contribution is -2.53. The van der Waals surface area contributed by atoms with Crippen LogP contribution in [0.15, 0.2) is 24.3 Å². The number of nitrogens with one attached hydrogen (secondary N) is 2. The molecule has 2 atom stereocenters. The van der Waals surface area contributed by atoms with E-state index in [0.29, 0.717) is 25.3 Å². The Kier molecular flexibility index (Phi) is 9.89. The van der Waals surface area contributed by atoms with Gasteiger partial charge in [0.05, 0.1) is 26.2 Å². The Hall–Kier alpha value is -1.28. The first-order valence-electron chi connectivity index (χ1n) is 7.99. The molecule has 1 aromatic rings. The van der Waals surface area contributed by atoms with Gasteiger partial charge < -0.3 is 20.1 Å². The summed E-state index contributed by atoms with van der Waals surface area (Å²) in [5.74, 6) is 1.21. The summed E-state index contributed by atoms with van der Waals surface area (Å²) >= 11 is 1.66. The zero-order valence-corrected chi connectivity index (χ0v) is 16.1. The molecule has 6 nitrogen and oxygen atoms in total. The van der Waals surface area contributed by atoms with Crippen LogP contribution in [0.25, 0.3) is 0 Å². The maximum Gasteiger partial charge on any atom is 0.306 e. The monoisotopic (exact) mass is 388 g/mol. The molecule has 1 heterocycles. The molecule has 1 fully saturated rings. The minimum atomic E-state index is -0.336. The normalized spacial score (nSPS) is 19.6. The molecule has 0 spiro atoms. The lowest BCUT2D eigenvalue weighted by molar-refractivity contribution is -0.140. The summed E-state index contributed by atoms with van der Waals surface area (Å²) in [6.07, 6.45) is 0.263. The molecule has 1 saturated heterocycles. The second-order valence-corrected chi connectivity index (χ2v) is 6.68. The van der Waals surface area contributed by atoms with Crippen molar-refractivity contribution in [3.05, 3.63) is 29.8 Å². The number of hydrogen-bond acceptors (Lipinski definition) is 6. The predicted octanol–water partition coefficient (Wildman–Crippen LogP) is 2.22. The van der Waals surface area contributed by atoms with Gasteiger partial charge in [-0.05, 0) is 24.6 Å². The topological polar surface area (TPSA) is 76.7 Å². The van der Waals surface area contributed by atoms with Crippen LogP contribution in [-0.2, 0) is 24.8 Å². The maximum absolute atomic E-state index is 12.3. The number of halogens is 1. The molecule has 0 saturated carbocycles. The van der Waals surface area contributed by atoms with E-state index in [4.69, 9.17) is 4.74 Å². The molecular formula is C17H25ClN2O4S. The van der Waals surface area contributed by atoms with Crippen molar-refractivity contribution in [2.45, 2.75) is 31.2 Å². The third-order valence-electron chi connectivity index (χ3n) is 3.74. The Labute approximate surface area is 158 Å². The van der Waals surface area contributed by atoms with E-state index in [1.54, 1.807) is 11.8 Å². The second-order valence-electron chi connectivity index (χ2n) is 5.58. The largest absolute Gasteiger partial charge is 0.469 e. The third kappa shape index (κ3) is 7.23. The molecule has 0 aliphatic carbocycles. The summed E-state index contributed by atoms with van der Waals surface area (Å²) < 4.78 is 10.1. The molecule has 1 aromatic carbocycles. The summed E-state index contributed by atoms with van der Waals surface area (Å²) in [5, 5.41) is 6.11. The van der Waals surface area contributed by atoms with E-state index < -0.39 is 0 Å². The summed E-state index contributed by atoms with van der Waals surface area (Å²) in [6.45, 7) is 3.20. The molecule has 0 unspecified atom stereocenters. The maximum atomic E-state index is 12.3. The lowest BCUT2D eigenvalue weighted by atomic mass is 10.1. The van der Waals surface area contributed by atoms with Crippen molar-refractivity contribution in [1.29, 1.82) is 0 Å². The number of hydrogen-bond donors (Lipinski definition) is 2. The number of amides is 1. The van der Waals surface area contributed by atoms with E-state index in [1.807, 2.05) is 31.2 Å². The van der Waals surface area contributed by atoms with Crippen LogP contribution in [0.4, 0.5) is 5.69 Å². The van der Waals surface area contributed by atoms with E-state index in [9.17, 15) is 9.59 Å². The quantitative estimate of drug-likeness (QED) is 0.551. The summed E-state index contributed by atoms with van der Waals surface area (Å²) in [5.41, 5.74) is 1.87. The van der Waals surface area contributed by atoms with Crippen LogP contribution < -0.4 is 10.6 Å². The van der Waals surface area contributed by atoms with Gasteiger partial charge in [0.25, 0.3) is 0 Å². The van der Waals surface area contributed by atoms with Crippen molar-refractivity contribution >= 4 is 41.7 Å². The first-order chi connectivity index (χ1) is 11.6. The van der Waals surface area contributed by atoms with E-state index in [1.165, 1.54) is 7.11 Å². The highest BCUT2D eigenvalue weighted by atomic mass is 35.5. The summed E-state index contributed by atoms with van der Waals surface area (Å²) in [7, 11) is 1.40. The molecule has 0 bridgehead atoms. The van der Waals surface area contributed by atoms with Gasteiger partial charge in [-0.25, -0.2) is 0 Å². The number of ether oxygens (including phenoxy) is 2. The zero-order chi connectivity index (χ0) is 17.4. The van der Waals surface area contributed by atoms with Crippen molar-refractivity contribution in [3.63, 3.8) is 0 Å². The smallest absolute Gasteiger partial charge is 0.306 e. The summed E-state index contributed by atoms with van der Waals surface area (Å²) in [4.78, 5) is 23.4. The molecule has 2 N–H and O–H groups in total. The molecule has 0 radical (unpaired) electrons. The second kappa shape index (κ2) is 11.4. The lowest BCUT2D eigenvalue weighted by Gasteiger charge is -2.29. The Morgan fingerprint density at radius 1 is 1.44 bits per heavy atom. The molecule has 8 heteroatoms. The Morgan fingerprint density at radius 2 is 2.24 bits per heavy atom. The first kappa shape index (κ1) is 21.8. The standard InChI is InChI=1S/C17H24N2O4S.ClH/c1-12-16(18-7-8-23-12)17(21)19-14-5-3-4-13(10-14)11-24-9-6-15(20)22-2;/h3-5,10,12,16,18H,6-9,11H2,1-2H3,(H,19,21);1H/t12-,16+;/m1./s1. The molecule has 2 rings (SSSR count). The molecular weight excluding hydrogens is 364 g/mol. The molecule has 1 aliphatic heterocycles. The minimum Gasteiger partial charge on any atom is -0.469 e. The Balaban J connectivity index is 0.00000312. The first-order valence-corrected chi connectivity index (χ1v) is 9.15. The molecule has 1 aliphatic rings.